The summed E-state index contributed by atoms with van der Waals surface area (Å²) in [5.41, 5.74) is 1.58. The Morgan fingerprint density at radius 2 is 2.16 bits per heavy atom. The lowest BCUT2D eigenvalue weighted by Crippen LogP contribution is -2.35. The van der Waals surface area contributed by atoms with E-state index in [1.165, 1.54) is 0 Å². The van der Waals surface area contributed by atoms with Crippen molar-refractivity contribution in [2.75, 3.05) is 32.2 Å². The number of pyridine rings is 1. The average molecular weight is 343 g/mol. The molecule has 0 radical (unpaired) electrons. The first kappa shape index (κ1) is 17.0. The van der Waals surface area contributed by atoms with Crippen molar-refractivity contribution in [3.05, 3.63) is 48.2 Å². The van der Waals surface area contributed by atoms with E-state index in [0.29, 0.717) is 31.4 Å². The Kier molecular flexibility index (Phi) is 5.69. The summed E-state index contributed by atoms with van der Waals surface area (Å²) < 4.78 is 15.9. The maximum Gasteiger partial charge on any atom is 0.319 e. The van der Waals surface area contributed by atoms with Crippen molar-refractivity contribution in [3.8, 4) is 11.6 Å². The van der Waals surface area contributed by atoms with Crippen LogP contribution in [-0.2, 0) is 4.74 Å². The van der Waals surface area contributed by atoms with Gasteiger partial charge < -0.3 is 24.8 Å². The Bertz CT molecular complexity index is 706. The smallest absolute Gasteiger partial charge is 0.319 e. The number of hydrogen-bond acceptors (Lipinski definition) is 5. The first-order valence-corrected chi connectivity index (χ1v) is 8.13. The van der Waals surface area contributed by atoms with Crippen LogP contribution in [0, 0.1) is 0 Å². The van der Waals surface area contributed by atoms with Gasteiger partial charge in [0.2, 0.25) is 5.88 Å². The van der Waals surface area contributed by atoms with Gasteiger partial charge in [-0.2, -0.15) is 0 Å². The van der Waals surface area contributed by atoms with Crippen molar-refractivity contribution in [3.63, 3.8) is 0 Å². The molecule has 132 valence electrons. The predicted molar refractivity (Wildman–Crippen MR) is 93.1 cm³/mol. The SMILES string of the molecule is COCCOc1ccc(NC(=O)NC2CCOc3ccccc32)cn1. The molecular weight excluding hydrogens is 322 g/mol. The highest BCUT2D eigenvalue weighted by Crippen LogP contribution is 2.31. The number of ether oxygens (including phenoxy) is 3. The van der Waals surface area contributed by atoms with Crippen molar-refractivity contribution in [2.45, 2.75) is 12.5 Å². The zero-order valence-corrected chi connectivity index (χ0v) is 14.0. The second-order valence-corrected chi connectivity index (χ2v) is 5.55. The van der Waals surface area contributed by atoms with Gasteiger partial charge in [0.05, 0.1) is 31.1 Å². The van der Waals surface area contributed by atoms with Crippen LogP contribution in [0.4, 0.5) is 10.5 Å². The normalized spacial score (nSPS) is 15.6. The summed E-state index contributed by atoms with van der Waals surface area (Å²) in [5.74, 6) is 1.31. The fourth-order valence-electron chi connectivity index (χ4n) is 2.59. The molecule has 2 heterocycles. The molecule has 0 saturated heterocycles. The molecule has 1 aromatic carbocycles. The molecule has 2 N–H and O–H groups in total. The molecule has 1 atom stereocenters. The van der Waals surface area contributed by atoms with Crippen LogP contribution in [0.3, 0.4) is 0 Å². The number of aromatic nitrogens is 1. The number of carbonyl (C=O) groups excluding carboxylic acids is 1. The van der Waals surface area contributed by atoms with E-state index in [2.05, 4.69) is 15.6 Å². The molecule has 25 heavy (non-hydrogen) atoms. The number of carbonyl (C=O) groups is 1. The van der Waals surface area contributed by atoms with Crippen molar-refractivity contribution < 1.29 is 19.0 Å². The molecule has 0 saturated carbocycles. The van der Waals surface area contributed by atoms with E-state index < -0.39 is 0 Å². The number of fused-ring (bicyclic) bond motifs is 1. The number of hydrogen-bond donors (Lipinski definition) is 2. The maximum atomic E-state index is 12.2. The van der Waals surface area contributed by atoms with Gasteiger partial charge in [-0.05, 0) is 12.1 Å². The monoisotopic (exact) mass is 343 g/mol. The Balaban J connectivity index is 1.55. The number of nitrogens with one attached hydrogen (secondary N) is 2. The Labute approximate surface area is 146 Å². The van der Waals surface area contributed by atoms with E-state index >= 15 is 0 Å². The third-order valence-corrected chi connectivity index (χ3v) is 3.80. The number of amides is 2. The molecule has 1 aromatic heterocycles. The van der Waals surface area contributed by atoms with E-state index in [9.17, 15) is 4.79 Å². The molecule has 1 aliphatic heterocycles. The van der Waals surface area contributed by atoms with Crippen LogP contribution in [0.25, 0.3) is 0 Å². The number of benzene rings is 1. The molecule has 0 fully saturated rings. The van der Waals surface area contributed by atoms with Crippen LogP contribution < -0.4 is 20.1 Å². The van der Waals surface area contributed by atoms with Gasteiger partial charge in [-0.25, -0.2) is 9.78 Å². The number of rotatable bonds is 6. The van der Waals surface area contributed by atoms with Gasteiger partial charge in [-0.15, -0.1) is 0 Å². The summed E-state index contributed by atoms with van der Waals surface area (Å²) >= 11 is 0. The van der Waals surface area contributed by atoms with Gasteiger partial charge in [-0.1, -0.05) is 18.2 Å². The fraction of sp³-hybridized carbons (Fsp3) is 0.333. The first-order chi connectivity index (χ1) is 12.3. The summed E-state index contributed by atoms with van der Waals surface area (Å²) in [4.78, 5) is 16.4. The van der Waals surface area contributed by atoms with E-state index in [4.69, 9.17) is 14.2 Å². The Morgan fingerprint density at radius 3 is 2.96 bits per heavy atom. The van der Waals surface area contributed by atoms with Gasteiger partial charge in [-0.3, -0.25) is 0 Å². The number of methoxy groups -OCH3 is 1. The van der Waals surface area contributed by atoms with Gasteiger partial charge >= 0.3 is 6.03 Å². The van der Waals surface area contributed by atoms with Crippen molar-refractivity contribution in [1.82, 2.24) is 10.3 Å². The molecule has 1 unspecified atom stereocenters. The minimum atomic E-state index is -0.281. The zero-order chi connectivity index (χ0) is 17.5. The van der Waals surface area contributed by atoms with Crippen LogP contribution in [-0.4, -0.2) is 37.9 Å². The second kappa shape index (κ2) is 8.34. The van der Waals surface area contributed by atoms with Crippen LogP contribution in [0.2, 0.25) is 0 Å². The Morgan fingerprint density at radius 1 is 1.28 bits per heavy atom. The van der Waals surface area contributed by atoms with Gasteiger partial charge in [0.25, 0.3) is 0 Å². The topological polar surface area (TPSA) is 81.7 Å². The summed E-state index contributed by atoms with van der Waals surface area (Å²) in [5, 5.41) is 5.76. The summed E-state index contributed by atoms with van der Waals surface area (Å²) in [6.45, 7) is 1.51. The van der Waals surface area contributed by atoms with E-state index in [1.807, 2.05) is 24.3 Å². The molecule has 1 aliphatic rings. The summed E-state index contributed by atoms with van der Waals surface area (Å²) in [6, 6.07) is 10.8. The molecule has 7 heteroatoms. The van der Waals surface area contributed by atoms with Gasteiger partial charge in [0, 0.05) is 25.2 Å². The minimum absolute atomic E-state index is 0.0745. The number of para-hydroxylation sites is 1. The summed E-state index contributed by atoms with van der Waals surface area (Å²) in [6.07, 6.45) is 2.29. The first-order valence-electron chi connectivity index (χ1n) is 8.13. The zero-order valence-electron chi connectivity index (χ0n) is 14.0. The lowest BCUT2D eigenvalue weighted by atomic mass is 10.0. The van der Waals surface area contributed by atoms with Crippen molar-refractivity contribution >= 4 is 11.7 Å². The van der Waals surface area contributed by atoms with Crippen LogP contribution in [0.1, 0.15) is 18.0 Å². The quantitative estimate of drug-likeness (QED) is 0.788. The number of urea groups is 1. The number of anilines is 1. The Hall–Kier alpha value is -2.80. The highest BCUT2D eigenvalue weighted by molar-refractivity contribution is 5.89. The molecule has 3 rings (SSSR count). The van der Waals surface area contributed by atoms with Crippen LogP contribution in [0.15, 0.2) is 42.6 Å². The van der Waals surface area contributed by atoms with Gasteiger partial charge in [0.1, 0.15) is 12.4 Å². The highest BCUT2D eigenvalue weighted by atomic mass is 16.5. The molecule has 0 aliphatic carbocycles. The lowest BCUT2D eigenvalue weighted by Gasteiger charge is -2.26. The lowest BCUT2D eigenvalue weighted by molar-refractivity contribution is 0.144. The minimum Gasteiger partial charge on any atom is -0.493 e. The standard InChI is InChI=1S/C18H21N3O4/c1-23-10-11-25-17-7-6-13(12-19-17)20-18(22)21-15-8-9-24-16-5-3-2-4-14(15)16/h2-7,12,15H,8-11H2,1H3,(H2,20,21,22). The van der Waals surface area contributed by atoms with Crippen molar-refractivity contribution in [2.24, 2.45) is 0 Å². The van der Waals surface area contributed by atoms with Crippen LogP contribution >= 0.6 is 0 Å². The molecule has 0 bridgehead atoms. The second-order valence-electron chi connectivity index (χ2n) is 5.55. The number of nitrogens with zero attached hydrogens (tertiary/aromatic N) is 1. The van der Waals surface area contributed by atoms with Gasteiger partial charge in [0.15, 0.2) is 0 Å². The largest absolute Gasteiger partial charge is 0.493 e. The van der Waals surface area contributed by atoms with Crippen molar-refractivity contribution in [1.29, 1.82) is 0 Å². The van der Waals surface area contributed by atoms with E-state index in [1.54, 1.807) is 25.4 Å². The molecule has 7 nitrogen and oxygen atoms in total. The molecular formula is C18H21N3O4. The fourth-order valence-corrected chi connectivity index (χ4v) is 2.59. The van der Waals surface area contributed by atoms with E-state index in [-0.39, 0.29) is 12.1 Å². The third kappa shape index (κ3) is 4.60. The van der Waals surface area contributed by atoms with E-state index in [0.717, 1.165) is 17.7 Å². The van der Waals surface area contributed by atoms with Crippen LogP contribution in [0.5, 0.6) is 11.6 Å². The molecule has 0 spiro atoms. The molecule has 2 amide bonds. The third-order valence-electron chi connectivity index (χ3n) is 3.80. The highest BCUT2D eigenvalue weighted by Gasteiger charge is 2.22. The summed E-state index contributed by atoms with van der Waals surface area (Å²) in [7, 11) is 1.61. The predicted octanol–water partition coefficient (Wildman–Crippen LogP) is 2.75. The maximum absolute atomic E-state index is 12.2. The average Bonchev–Trinajstić information content (AvgIpc) is 2.64. The molecule has 2 aromatic rings.